The molecule has 2 unspecified atom stereocenters. The molecule has 0 saturated heterocycles. The van der Waals surface area contributed by atoms with Crippen LogP contribution in [0.4, 0.5) is 11.4 Å². The number of hydrogen-bond donors (Lipinski definition) is 2. The first kappa shape index (κ1) is 36.8. The summed E-state index contributed by atoms with van der Waals surface area (Å²) in [6.45, 7) is 20.7. The molecule has 0 fully saturated rings. The first-order valence-electron chi connectivity index (χ1n) is 17.1. The van der Waals surface area contributed by atoms with E-state index in [0.29, 0.717) is 39.2 Å². The van der Waals surface area contributed by atoms with Crippen molar-refractivity contribution in [1.29, 1.82) is 0 Å². The predicted octanol–water partition coefficient (Wildman–Crippen LogP) is 11.3. The Labute approximate surface area is 300 Å². The van der Waals surface area contributed by atoms with E-state index in [4.69, 9.17) is 0 Å². The summed E-state index contributed by atoms with van der Waals surface area (Å²) in [7, 11) is 0. The average molecular weight is 683 g/mol. The fourth-order valence-electron chi connectivity index (χ4n) is 7.67. The molecule has 0 heterocycles. The molecule has 262 valence electrons. The van der Waals surface area contributed by atoms with Crippen LogP contribution >= 0.6 is 0 Å². The summed E-state index contributed by atoms with van der Waals surface area (Å²) >= 11 is 0. The lowest BCUT2D eigenvalue weighted by Crippen LogP contribution is -2.30. The Morgan fingerprint density at radius 3 is 0.922 bits per heavy atom. The van der Waals surface area contributed by atoms with E-state index in [0.717, 1.165) is 55.6 Å². The van der Waals surface area contributed by atoms with Gasteiger partial charge in [0.05, 0.1) is 0 Å². The minimum atomic E-state index is -0.876. The molecule has 0 aliphatic carbocycles. The van der Waals surface area contributed by atoms with Crippen molar-refractivity contribution in [3.05, 3.63) is 160 Å². The van der Waals surface area contributed by atoms with E-state index in [9.17, 15) is 24.8 Å². The van der Waals surface area contributed by atoms with Crippen LogP contribution in [0.25, 0.3) is 0 Å². The molecule has 0 aliphatic heterocycles. The van der Waals surface area contributed by atoms with Gasteiger partial charge in [0.1, 0.15) is 22.9 Å². The Balaban J connectivity index is 1.97. The lowest BCUT2D eigenvalue weighted by atomic mass is 9.65. The van der Waals surface area contributed by atoms with Crippen molar-refractivity contribution in [1.82, 2.24) is 0 Å². The van der Waals surface area contributed by atoms with Gasteiger partial charge in [-0.3, -0.25) is 4.79 Å². The molecule has 0 amide bonds. The molecule has 0 aromatic heterocycles. The standard InChI is InChI=1S/C44H46N2O5/c1-23-12-33(13-24(2)39(23)45-50)43(10,35-16-27(5)41(48)28(6)17-35)37-20-32(31(9)47)21-38(22-37)44(11,36-18-29(7)42(49)30(8)19-36)34-14-25(3)40(46-51)26(4)15-34/h12-22,48-49H,1-11H3. The molecule has 7 nitrogen and oxygen atoms in total. The molecule has 2 atom stereocenters. The zero-order valence-electron chi connectivity index (χ0n) is 31.4. The number of hydrogen-bond acceptors (Lipinski definition) is 7. The third kappa shape index (κ3) is 6.15. The molecule has 5 rings (SSSR count). The monoisotopic (exact) mass is 682 g/mol. The minimum Gasteiger partial charge on any atom is -0.507 e. The van der Waals surface area contributed by atoms with Crippen LogP contribution in [0.1, 0.15) is 109 Å². The molecule has 2 N–H and O–H groups in total. The van der Waals surface area contributed by atoms with Crippen molar-refractivity contribution >= 4 is 17.2 Å². The molecular formula is C44H46N2O5. The third-order valence-electron chi connectivity index (χ3n) is 11.0. The topological polar surface area (TPSA) is 116 Å². The normalized spacial score (nSPS) is 13.7. The summed E-state index contributed by atoms with van der Waals surface area (Å²) in [5.41, 5.74) is 10.6. The van der Waals surface area contributed by atoms with Crippen molar-refractivity contribution in [2.45, 2.75) is 87.0 Å². The highest BCUT2D eigenvalue weighted by Gasteiger charge is 2.38. The first-order chi connectivity index (χ1) is 23.9. The van der Waals surface area contributed by atoms with Crippen molar-refractivity contribution in [2.75, 3.05) is 0 Å². The zero-order valence-corrected chi connectivity index (χ0v) is 31.4. The molecule has 0 radical (unpaired) electrons. The van der Waals surface area contributed by atoms with Crippen LogP contribution < -0.4 is 0 Å². The van der Waals surface area contributed by atoms with Gasteiger partial charge in [-0.25, -0.2) is 0 Å². The van der Waals surface area contributed by atoms with Crippen LogP contribution in [0.3, 0.4) is 0 Å². The maximum Gasteiger partial charge on any atom is 0.159 e. The number of carbonyl (C=O) groups is 1. The Bertz CT molecular complexity index is 2030. The largest absolute Gasteiger partial charge is 0.507 e. The smallest absolute Gasteiger partial charge is 0.159 e. The molecule has 51 heavy (non-hydrogen) atoms. The molecular weight excluding hydrogens is 636 g/mol. The number of rotatable bonds is 9. The van der Waals surface area contributed by atoms with E-state index in [2.05, 4.69) is 30.3 Å². The van der Waals surface area contributed by atoms with E-state index in [-0.39, 0.29) is 17.3 Å². The highest BCUT2D eigenvalue weighted by molar-refractivity contribution is 5.95. The fraction of sp³-hybridized carbons (Fsp3) is 0.295. The maximum absolute atomic E-state index is 13.5. The van der Waals surface area contributed by atoms with Gasteiger partial charge in [0.2, 0.25) is 0 Å². The second kappa shape index (κ2) is 13.4. The average Bonchev–Trinajstić information content (AvgIpc) is 3.07. The van der Waals surface area contributed by atoms with Gasteiger partial charge in [0.15, 0.2) is 5.78 Å². The molecule has 5 aromatic carbocycles. The van der Waals surface area contributed by atoms with Gasteiger partial charge in [0.25, 0.3) is 0 Å². The van der Waals surface area contributed by atoms with Gasteiger partial charge in [-0.15, -0.1) is 9.81 Å². The third-order valence-corrected chi connectivity index (χ3v) is 11.0. The van der Waals surface area contributed by atoms with Crippen LogP contribution in [0.15, 0.2) is 77.1 Å². The lowest BCUT2D eigenvalue weighted by molar-refractivity contribution is 0.101. The summed E-state index contributed by atoms with van der Waals surface area (Å²) in [5.74, 6) is 0.327. The number of aryl methyl sites for hydroxylation is 8. The summed E-state index contributed by atoms with van der Waals surface area (Å²) in [6.07, 6.45) is 0. The molecule has 0 saturated carbocycles. The van der Waals surface area contributed by atoms with Gasteiger partial charge < -0.3 is 10.2 Å². The van der Waals surface area contributed by atoms with Gasteiger partial charge in [-0.1, -0.05) is 54.6 Å². The Hall–Kier alpha value is -5.43. The fourth-order valence-corrected chi connectivity index (χ4v) is 7.67. The van der Waals surface area contributed by atoms with Crippen LogP contribution in [0, 0.1) is 65.2 Å². The van der Waals surface area contributed by atoms with Gasteiger partial charge in [0, 0.05) is 16.4 Å². The van der Waals surface area contributed by atoms with Crippen LogP contribution in [-0.2, 0) is 10.8 Å². The SMILES string of the molecule is CC(=O)c1cc(C(C)(c2cc(C)c(O)c(C)c2)c2cc(C)c(N=O)c(C)c2)cc(C(C)(c2cc(C)c(O)c(C)c2)c2cc(C)c(N=O)c(C)c2)c1. The first-order valence-corrected chi connectivity index (χ1v) is 17.1. The van der Waals surface area contributed by atoms with Crippen molar-refractivity contribution in [3.8, 4) is 11.5 Å². The number of phenols is 2. The van der Waals surface area contributed by atoms with Gasteiger partial charge in [-0.2, -0.15) is 0 Å². The summed E-state index contributed by atoms with van der Waals surface area (Å²) in [5, 5.41) is 28.3. The van der Waals surface area contributed by atoms with E-state index < -0.39 is 10.8 Å². The van der Waals surface area contributed by atoms with Crippen LogP contribution in [0.5, 0.6) is 11.5 Å². The number of nitroso groups, excluding NO2 is 2. The summed E-state index contributed by atoms with van der Waals surface area (Å²) < 4.78 is 0. The maximum atomic E-state index is 13.5. The number of Topliss-reactive ketones (excluding diaryl/α,β-unsaturated/α-hetero) is 1. The Kier molecular flexibility index (Phi) is 9.65. The predicted molar refractivity (Wildman–Crippen MR) is 205 cm³/mol. The van der Waals surface area contributed by atoms with E-state index in [1.165, 1.54) is 0 Å². The van der Waals surface area contributed by atoms with E-state index in [1.807, 2.05) is 116 Å². The number of phenolic OH excluding ortho intramolecular Hbond substituents is 2. The van der Waals surface area contributed by atoms with Crippen molar-refractivity contribution < 1.29 is 15.0 Å². The van der Waals surface area contributed by atoms with Crippen molar-refractivity contribution in [2.24, 2.45) is 10.4 Å². The Morgan fingerprint density at radius 2 is 0.686 bits per heavy atom. The summed E-state index contributed by atoms with van der Waals surface area (Å²) in [6, 6.07) is 21.8. The molecule has 0 aliphatic rings. The number of aromatic hydroxyl groups is 2. The molecule has 0 bridgehead atoms. The minimum absolute atomic E-state index is 0.111. The highest BCUT2D eigenvalue weighted by Crippen LogP contribution is 2.48. The molecule has 0 spiro atoms. The second-order valence-electron chi connectivity index (χ2n) is 14.6. The molecule has 5 aromatic rings. The highest BCUT2D eigenvalue weighted by atomic mass is 16.3. The van der Waals surface area contributed by atoms with Crippen molar-refractivity contribution in [3.63, 3.8) is 0 Å². The number of benzene rings is 5. The lowest BCUT2D eigenvalue weighted by Gasteiger charge is -2.37. The number of ketones is 1. The zero-order chi connectivity index (χ0) is 37.7. The van der Waals surface area contributed by atoms with E-state index >= 15 is 0 Å². The quantitative estimate of drug-likeness (QED) is 0.0911. The number of carbonyl (C=O) groups excluding carboxylic acids is 1. The van der Waals surface area contributed by atoms with Gasteiger partial charge in [-0.05, 0) is 177 Å². The van der Waals surface area contributed by atoms with Crippen LogP contribution in [0.2, 0.25) is 0 Å². The van der Waals surface area contributed by atoms with Crippen LogP contribution in [-0.4, -0.2) is 16.0 Å². The molecule has 7 heteroatoms. The van der Waals surface area contributed by atoms with E-state index in [1.54, 1.807) is 6.92 Å². The second-order valence-corrected chi connectivity index (χ2v) is 14.6. The Morgan fingerprint density at radius 1 is 0.451 bits per heavy atom. The van der Waals surface area contributed by atoms with Gasteiger partial charge >= 0.3 is 0 Å². The number of nitrogens with zero attached hydrogens (tertiary/aromatic N) is 2. The summed E-state index contributed by atoms with van der Waals surface area (Å²) in [4.78, 5) is 37.1.